The van der Waals surface area contributed by atoms with Crippen LogP contribution in [0, 0.1) is 0 Å². The minimum atomic E-state index is -2.83. The van der Waals surface area contributed by atoms with Gasteiger partial charge >= 0.3 is 0 Å². The molecule has 0 aromatic heterocycles. The number of hydrogen-bond acceptors (Lipinski definition) is 2. The molecule has 0 fully saturated rings. The van der Waals surface area contributed by atoms with E-state index in [0.717, 1.165) is 25.9 Å². The van der Waals surface area contributed by atoms with Gasteiger partial charge in [0.05, 0.1) is 9.93 Å². The predicted molar refractivity (Wildman–Crippen MR) is 103 cm³/mol. The Kier molecular flexibility index (Phi) is 6.42. The van der Waals surface area contributed by atoms with Crippen LogP contribution in [0.2, 0.25) is 0 Å². The third-order valence-electron chi connectivity index (χ3n) is 3.55. The van der Waals surface area contributed by atoms with Crippen molar-refractivity contribution in [3.63, 3.8) is 0 Å². The molecule has 2 aromatic rings. The molecule has 22 heavy (non-hydrogen) atoms. The normalized spacial score (nSPS) is 12.9. The molecule has 0 atom stereocenters. The molecule has 0 amide bonds. The molecule has 0 N–H and O–H groups in total. The fourth-order valence-corrected chi connectivity index (χ4v) is 7.17. The van der Waals surface area contributed by atoms with E-state index in [1.807, 2.05) is 60.7 Å². The van der Waals surface area contributed by atoms with Crippen molar-refractivity contribution in [2.45, 2.75) is 13.3 Å². The van der Waals surface area contributed by atoms with Gasteiger partial charge in [-0.3, -0.25) is 0 Å². The van der Waals surface area contributed by atoms with E-state index in [0.29, 0.717) is 6.61 Å². The average Bonchev–Trinajstić information content (AvgIpc) is 2.60. The van der Waals surface area contributed by atoms with Gasteiger partial charge in [-0.1, -0.05) is 67.6 Å². The first-order valence-corrected chi connectivity index (χ1v) is 10.0. The van der Waals surface area contributed by atoms with Crippen LogP contribution in [-0.4, -0.2) is 13.7 Å². The largest absolute Gasteiger partial charge is 0.380 e. The van der Waals surface area contributed by atoms with Gasteiger partial charge in [0.15, 0.2) is 7.14 Å². The molecule has 0 aliphatic rings. The molecule has 0 aliphatic heterocycles. The van der Waals surface area contributed by atoms with Crippen LogP contribution < -0.4 is 10.6 Å². The lowest BCUT2D eigenvalue weighted by Crippen LogP contribution is -2.17. The fraction of sp³-hybridized carbons (Fsp3) is 0.222. The topological polar surface area (TPSA) is 26.3 Å². The molecule has 2 nitrogen and oxygen atoms in total. The van der Waals surface area contributed by atoms with Gasteiger partial charge in [0, 0.05) is 17.7 Å². The zero-order valence-electron chi connectivity index (χ0n) is 12.8. The molecule has 0 spiro atoms. The van der Waals surface area contributed by atoms with Crippen LogP contribution in [0.15, 0.2) is 69.6 Å². The molecule has 0 unspecified atom stereocenters. The summed E-state index contributed by atoms with van der Waals surface area (Å²) in [6, 6.07) is 19.5. The van der Waals surface area contributed by atoms with Gasteiger partial charge in [-0.15, -0.1) is 0 Å². The van der Waals surface area contributed by atoms with Crippen molar-refractivity contribution in [2.24, 2.45) is 0 Å². The van der Waals surface area contributed by atoms with Crippen molar-refractivity contribution in [3.8, 4) is 0 Å². The molecule has 116 valence electrons. The van der Waals surface area contributed by atoms with E-state index in [4.69, 9.17) is 4.74 Å². The van der Waals surface area contributed by atoms with E-state index < -0.39 is 7.14 Å². The summed E-state index contributed by atoms with van der Waals surface area (Å²) in [6.07, 6.45) is 0.829. The van der Waals surface area contributed by atoms with Crippen LogP contribution in [-0.2, 0) is 9.30 Å². The first kappa shape index (κ1) is 17.5. The second-order valence-corrected chi connectivity index (χ2v) is 9.59. The lowest BCUT2D eigenvalue weighted by atomic mass is 10.2. The van der Waals surface area contributed by atoms with Crippen LogP contribution in [0.4, 0.5) is 0 Å². The molecule has 0 bridgehead atoms. The van der Waals surface area contributed by atoms with E-state index in [1.165, 1.54) is 0 Å². The summed E-state index contributed by atoms with van der Waals surface area (Å²) in [5, 5.41) is 1.74. The van der Waals surface area contributed by atoms with Gasteiger partial charge in [-0.25, -0.2) is 0 Å². The number of hydrogen-bond donors (Lipinski definition) is 0. The molecule has 2 rings (SSSR count). The first-order chi connectivity index (χ1) is 10.6. The summed E-state index contributed by atoms with van der Waals surface area (Å²) in [6.45, 7) is 2.59. The molecule has 0 heterocycles. The Hall–Kier alpha value is -0.900. The second-order valence-electron chi connectivity index (χ2n) is 4.96. The van der Waals surface area contributed by atoms with Gasteiger partial charge < -0.3 is 9.30 Å². The van der Waals surface area contributed by atoms with Crippen molar-refractivity contribution in [1.29, 1.82) is 0 Å². The van der Waals surface area contributed by atoms with E-state index >= 15 is 0 Å². The van der Waals surface area contributed by atoms with Crippen LogP contribution in [0.3, 0.4) is 0 Å². The summed E-state index contributed by atoms with van der Waals surface area (Å²) < 4.78 is 20.3. The van der Waals surface area contributed by atoms with Crippen molar-refractivity contribution >= 4 is 40.3 Å². The van der Waals surface area contributed by atoms with Gasteiger partial charge in [0.25, 0.3) is 0 Å². The molecule has 2 aromatic carbocycles. The van der Waals surface area contributed by atoms with Crippen LogP contribution >= 0.6 is 29.7 Å². The molecule has 0 aliphatic carbocycles. The maximum absolute atomic E-state index is 14.1. The highest BCUT2D eigenvalue weighted by Crippen LogP contribution is 2.56. The van der Waals surface area contributed by atoms with Crippen molar-refractivity contribution in [2.75, 3.05) is 13.7 Å². The zero-order chi connectivity index (χ0) is 16.0. The zero-order valence-corrected chi connectivity index (χ0v) is 15.9. The Morgan fingerprint density at radius 2 is 1.45 bits per heavy atom. The van der Waals surface area contributed by atoms with Gasteiger partial charge in [-0.2, -0.15) is 0 Å². The summed E-state index contributed by atoms with van der Waals surface area (Å²) in [4.78, 5) is 0. The third-order valence-corrected chi connectivity index (χ3v) is 9.27. The molecule has 0 radical (unpaired) electrons. The van der Waals surface area contributed by atoms with Crippen molar-refractivity contribution in [1.82, 2.24) is 0 Å². The second kappa shape index (κ2) is 8.09. The SMILES string of the molecule is CC/C(COC)=C(\I)P(=O)(c1ccccc1)c1ccccc1. The summed E-state index contributed by atoms with van der Waals surface area (Å²) in [5.41, 5.74) is 1.10. The van der Waals surface area contributed by atoms with E-state index in [-0.39, 0.29) is 0 Å². The smallest absolute Gasteiger partial charge is 0.176 e. The van der Waals surface area contributed by atoms with Gasteiger partial charge in [-0.05, 0) is 34.6 Å². The summed E-state index contributed by atoms with van der Waals surface area (Å²) >= 11 is 2.25. The third kappa shape index (κ3) is 3.53. The molecule has 0 saturated heterocycles. The lowest BCUT2D eigenvalue weighted by Gasteiger charge is -2.22. The Morgan fingerprint density at radius 1 is 1.00 bits per heavy atom. The van der Waals surface area contributed by atoms with E-state index in [9.17, 15) is 4.57 Å². The number of methoxy groups -OCH3 is 1. The lowest BCUT2D eigenvalue weighted by molar-refractivity contribution is 0.223. The highest BCUT2D eigenvalue weighted by Gasteiger charge is 2.32. The summed E-state index contributed by atoms with van der Waals surface area (Å²) in [7, 11) is -1.16. The van der Waals surface area contributed by atoms with Gasteiger partial charge in [0.2, 0.25) is 0 Å². The summed E-state index contributed by atoms with van der Waals surface area (Å²) in [5.74, 6) is 0. The van der Waals surface area contributed by atoms with Crippen molar-refractivity contribution < 1.29 is 9.30 Å². The maximum atomic E-state index is 14.1. The minimum absolute atomic E-state index is 0.512. The number of rotatable bonds is 6. The first-order valence-electron chi connectivity index (χ1n) is 7.22. The fourth-order valence-electron chi connectivity index (χ4n) is 2.36. The maximum Gasteiger partial charge on any atom is 0.176 e. The standard InChI is InChI=1S/C18H20IO2P/c1-3-15(14-21-2)18(19)22(20,16-10-6-4-7-11-16)17-12-8-5-9-13-17/h4-13H,3,14H2,1-2H3/b18-15-. The van der Waals surface area contributed by atoms with E-state index in [2.05, 4.69) is 29.5 Å². The van der Waals surface area contributed by atoms with Crippen LogP contribution in [0.1, 0.15) is 13.3 Å². The molecular formula is C18H20IO2P. The molecule has 0 saturated carbocycles. The number of benzene rings is 2. The predicted octanol–water partition coefficient (Wildman–Crippen LogP) is 4.70. The number of ether oxygens (including phenoxy) is 1. The van der Waals surface area contributed by atoms with Crippen LogP contribution in [0.5, 0.6) is 0 Å². The van der Waals surface area contributed by atoms with Crippen molar-refractivity contribution in [3.05, 3.63) is 69.6 Å². The Bertz CT molecular complexity index is 637. The Morgan fingerprint density at radius 3 is 1.82 bits per heavy atom. The average molecular weight is 426 g/mol. The molecule has 4 heteroatoms. The molecular weight excluding hydrogens is 406 g/mol. The Labute approximate surface area is 146 Å². The van der Waals surface area contributed by atoms with E-state index in [1.54, 1.807) is 7.11 Å². The van der Waals surface area contributed by atoms with Crippen LogP contribution in [0.25, 0.3) is 0 Å². The highest BCUT2D eigenvalue weighted by atomic mass is 127. The monoisotopic (exact) mass is 426 g/mol. The quantitative estimate of drug-likeness (QED) is 0.495. The highest BCUT2D eigenvalue weighted by molar-refractivity contribution is 14.1. The minimum Gasteiger partial charge on any atom is -0.380 e. The number of halogens is 1. The Balaban J connectivity index is 2.70. The van der Waals surface area contributed by atoms with Gasteiger partial charge in [0.1, 0.15) is 0 Å².